The normalized spacial score (nSPS) is 14.8. The summed E-state index contributed by atoms with van der Waals surface area (Å²) in [5.74, 6) is 0.797. The van der Waals surface area contributed by atoms with E-state index in [-0.39, 0.29) is 12.5 Å². The highest BCUT2D eigenvalue weighted by Gasteiger charge is 2.28. The zero-order valence-corrected chi connectivity index (χ0v) is 16.3. The first kappa shape index (κ1) is 19.2. The van der Waals surface area contributed by atoms with Crippen molar-refractivity contribution in [1.29, 1.82) is 5.26 Å². The van der Waals surface area contributed by atoms with Crippen molar-refractivity contribution < 1.29 is 14.3 Å². The summed E-state index contributed by atoms with van der Waals surface area (Å²) in [6.45, 7) is 5.79. The maximum atomic E-state index is 12.9. The summed E-state index contributed by atoms with van der Waals surface area (Å²) in [5, 5.41) is 14.5. The van der Waals surface area contributed by atoms with Crippen LogP contribution in [0.25, 0.3) is 6.08 Å². The molecule has 1 aliphatic heterocycles. The second kappa shape index (κ2) is 7.97. The summed E-state index contributed by atoms with van der Waals surface area (Å²) < 4.78 is 10.7. The molecule has 0 saturated heterocycles. The van der Waals surface area contributed by atoms with Gasteiger partial charge in [0.25, 0.3) is 5.91 Å². The van der Waals surface area contributed by atoms with E-state index in [0.29, 0.717) is 22.8 Å². The highest BCUT2D eigenvalue weighted by molar-refractivity contribution is 6.32. The summed E-state index contributed by atoms with van der Waals surface area (Å²) in [5.41, 5.74) is 4.96. The van der Waals surface area contributed by atoms with E-state index in [1.807, 2.05) is 51.1 Å². The fraction of sp³-hybridized carbons (Fsp3) is 0.227. The minimum atomic E-state index is -0.176. The molecule has 1 heterocycles. The van der Waals surface area contributed by atoms with Crippen LogP contribution < -0.4 is 14.5 Å². The molecule has 0 aromatic heterocycles. The number of benzene rings is 2. The summed E-state index contributed by atoms with van der Waals surface area (Å²) >= 11 is 0. The van der Waals surface area contributed by atoms with Crippen LogP contribution in [0.4, 0.5) is 5.69 Å². The van der Waals surface area contributed by atoms with E-state index in [2.05, 4.69) is 5.10 Å². The van der Waals surface area contributed by atoms with E-state index in [9.17, 15) is 4.79 Å². The third-order valence-corrected chi connectivity index (χ3v) is 4.59. The molecule has 0 radical (unpaired) electrons. The Bertz CT molecular complexity index is 1030. The summed E-state index contributed by atoms with van der Waals surface area (Å²) in [6.07, 6.45) is 1.78. The highest BCUT2D eigenvalue weighted by Crippen LogP contribution is 2.31. The molecule has 0 saturated carbocycles. The van der Waals surface area contributed by atoms with Gasteiger partial charge in [-0.2, -0.15) is 15.4 Å². The molecule has 2 aromatic carbocycles. The van der Waals surface area contributed by atoms with E-state index in [0.717, 1.165) is 22.4 Å². The lowest BCUT2D eigenvalue weighted by Crippen LogP contribution is -2.21. The van der Waals surface area contributed by atoms with Crippen molar-refractivity contribution in [2.75, 3.05) is 18.7 Å². The molecule has 142 valence electrons. The third-order valence-electron chi connectivity index (χ3n) is 4.59. The van der Waals surface area contributed by atoms with Crippen LogP contribution >= 0.6 is 0 Å². The van der Waals surface area contributed by atoms with Crippen molar-refractivity contribution >= 4 is 23.4 Å². The second-order valence-electron chi connectivity index (χ2n) is 6.49. The molecule has 1 amide bonds. The zero-order chi connectivity index (χ0) is 20.3. The first-order valence-corrected chi connectivity index (χ1v) is 8.81. The van der Waals surface area contributed by atoms with E-state index in [1.54, 1.807) is 18.2 Å². The van der Waals surface area contributed by atoms with Gasteiger partial charge in [0.1, 0.15) is 6.07 Å². The Balaban J connectivity index is 1.91. The molecular weight excluding hydrogens is 354 g/mol. The molecule has 0 fully saturated rings. The van der Waals surface area contributed by atoms with Gasteiger partial charge in [-0.1, -0.05) is 12.1 Å². The van der Waals surface area contributed by atoms with Gasteiger partial charge in [-0.05, 0) is 67.8 Å². The Morgan fingerprint density at radius 3 is 2.57 bits per heavy atom. The molecule has 2 aromatic rings. The van der Waals surface area contributed by atoms with Crippen LogP contribution in [0.2, 0.25) is 0 Å². The predicted octanol–water partition coefficient (Wildman–Crippen LogP) is 4.02. The molecule has 1 aliphatic rings. The van der Waals surface area contributed by atoms with Gasteiger partial charge in [0.2, 0.25) is 0 Å². The number of hydrazone groups is 1. The average Bonchev–Trinajstić information content (AvgIpc) is 2.97. The Hall–Kier alpha value is -3.59. The maximum absolute atomic E-state index is 12.9. The smallest absolute Gasteiger partial charge is 0.280 e. The summed E-state index contributed by atoms with van der Waals surface area (Å²) in [6, 6.07) is 13.0. The molecule has 0 N–H and O–H groups in total. The standard InChI is InChI=1S/C22H21N3O3/c1-14-5-7-18(11-15(14)2)25-22(26)19(16(3)24-25)12-17-6-8-20(28-10-9-23)21(13-17)27-4/h5-8,11-13H,10H2,1-4H3/b19-12+. The van der Waals surface area contributed by atoms with Gasteiger partial charge in [-0.25, -0.2) is 0 Å². The Morgan fingerprint density at radius 2 is 1.89 bits per heavy atom. The van der Waals surface area contributed by atoms with Gasteiger partial charge in [0, 0.05) is 0 Å². The van der Waals surface area contributed by atoms with Crippen LogP contribution in [0, 0.1) is 25.2 Å². The van der Waals surface area contributed by atoms with Crippen molar-refractivity contribution in [2.45, 2.75) is 20.8 Å². The number of nitrogens with zero attached hydrogens (tertiary/aromatic N) is 3. The number of rotatable bonds is 5. The number of carbonyl (C=O) groups excluding carboxylic acids is 1. The first-order valence-electron chi connectivity index (χ1n) is 8.81. The number of hydrogen-bond acceptors (Lipinski definition) is 5. The van der Waals surface area contributed by atoms with Crippen LogP contribution in [0.15, 0.2) is 47.1 Å². The van der Waals surface area contributed by atoms with Gasteiger partial charge < -0.3 is 9.47 Å². The maximum Gasteiger partial charge on any atom is 0.280 e. The number of aryl methyl sites for hydroxylation is 2. The van der Waals surface area contributed by atoms with E-state index >= 15 is 0 Å². The SMILES string of the molecule is COc1cc(/C=C2/C(=O)N(c3ccc(C)c(C)c3)N=C2C)ccc1OCC#N. The van der Waals surface area contributed by atoms with Crippen LogP contribution in [0.3, 0.4) is 0 Å². The first-order chi connectivity index (χ1) is 13.4. The predicted molar refractivity (Wildman–Crippen MR) is 109 cm³/mol. The summed E-state index contributed by atoms with van der Waals surface area (Å²) in [4.78, 5) is 12.9. The molecule has 0 atom stereocenters. The largest absolute Gasteiger partial charge is 0.493 e. The van der Waals surface area contributed by atoms with Crippen LogP contribution in [-0.2, 0) is 4.79 Å². The zero-order valence-electron chi connectivity index (χ0n) is 16.3. The number of nitriles is 1. The fourth-order valence-electron chi connectivity index (χ4n) is 2.89. The Morgan fingerprint density at radius 1 is 1.11 bits per heavy atom. The lowest BCUT2D eigenvalue weighted by atomic mass is 10.1. The highest BCUT2D eigenvalue weighted by atomic mass is 16.5. The van der Waals surface area contributed by atoms with Crippen molar-refractivity contribution in [1.82, 2.24) is 0 Å². The molecule has 6 heteroatoms. The number of anilines is 1. The lowest BCUT2D eigenvalue weighted by molar-refractivity contribution is -0.114. The molecule has 28 heavy (non-hydrogen) atoms. The van der Waals surface area contributed by atoms with Crippen molar-refractivity contribution in [3.05, 3.63) is 58.7 Å². The topological polar surface area (TPSA) is 74.9 Å². The minimum absolute atomic E-state index is 0.0635. The second-order valence-corrected chi connectivity index (χ2v) is 6.49. The average molecular weight is 375 g/mol. The molecule has 0 aliphatic carbocycles. The molecular formula is C22H21N3O3. The van der Waals surface area contributed by atoms with Gasteiger partial charge >= 0.3 is 0 Å². The fourth-order valence-corrected chi connectivity index (χ4v) is 2.89. The van der Waals surface area contributed by atoms with Gasteiger partial charge in [-0.15, -0.1) is 0 Å². The molecule has 0 bridgehead atoms. The van der Waals surface area contributed by atoms with E-state index in [4.69, 9.17) is 14.7 Å². The van der Waals surface area contributed by atoms with Crippen LogP contribution in [0.5, 0.6) is 11.5 Å². The molecule has 0 unspecified atom stereocenters. The quantitative estimate of drug-likeness (QED) is 0.740. The Kier molecular flexibility index (Phi) is 5.46. The van der Waals surface area contributed by atoms with Crippen LogP contribution in [0.1, 0.15) is 23.6 Å². The van der Waals surface area contributed by atoms with Crippen LogP contribution in [-0.4, -0.2) is 25.3 Å². The number of methoxy groups -OCH3 is 1. The lowest BCUT2D eigenvalue weighted by Gasteiger charge is -2.13. The minimum Gasteiger partial charge on any atom is -0.493 e. The van der Waals surface area contributed by atoms with Gasteiger partial charge in [-0.3, -0.25) is 4.79 Å². The molecule has 0 spiro atoms. The molecule has 3 rings (SSSR count). The molecule has 6 nitrogen and oxygen atoms in total. The number of carbonyl (C=O) groups is 1. The third kappa shape index (κ3) is 3.74. The number of amides is 1. The van der Waals surface area contributed by atoms with E-state index in [1.165, 1.54) is 12.1 Å². The number of ether oxygens (including phenoxy) is 2. The van der Waals surface area contributed by atoms with E-state index < -0.39 is 0 Å². The summed E-state index contributed by atoms with van der Waals surface area (Å²) in [7, 11) is 1.53. The van der Waals surface area contributed by atoms with Gasteiger partial charge in [0.05, 0.1) is 24.1 Å². The van der Waals surface area contributed by atoms with Crippen molar-refractivity contribution in [2.24, 2.45) is 5.10 Å². The Labute approximate surface area is 164 Å². The van der Waals surface area contributed by atoms with Crippen molar-refractivity contribution in [3.8, 4) is 17.6 Å². The van der Waals surface area contributed by atoms with Gasteiger partial charge in [0.15, 0.2) is 18.1 Å². The number of hydrogen-bond donors (Lipinski definition) is 0. The monoisotopic (exact) mass is 375 g/mol. The van der Waals surface area contributed by atoms with Crippen molar-refractivity contribution in [3.63, 3.8) is 0 Å².